The van der Waals surface area contributed by atoms with Crippen molar-refractivity contribution in [1.29, 1.82) is 0 Å². The van der Waals surface area contributed by atoms with Gasteiger partial charge in [0.2, 0.25) is 0 Å². The lowest BCUT2D eigenvalue weighted by Crippen LogP contribution is -2.32. The molecule has 0 N–H and O–H groups in total. The van der Waals surface area contributed by atoms with E-state index in [2.05, 4.69) is 195 Å². The van der Waals surface area contributed by atoms with Crippen LogP contribution in [0.25, 0.3) is 38.6 Å². The van der Waals surface area contributed by atoms with Crippen molar-refractivity contribution in [2.75, 3.05) is 14.7 Å². The first kappa shape index (κ1) is 39.4. The second-order valence-electron chi connectivity index (χ2n) is 17.1. The standard InChI is InChI=1S/C60H44F2N4/c61-43-23-31-49(32-24-43)63(51-35-37-59-55(39-51)53-15-7-9-17-57(53)65(59)45-11-3-1-4-12-45)47-27-19-41(20-28-47)42-21-29-48(30-22-42)64(50-33-25-44(62)26-34-50)52-36-38-60-56(40-52)54-16-8-10-18-58(54)66(60)46-13-5-2-6-14-46/h1-5,7-13,15-40,54,58H,6,14H2/t54?,58-/m1/s1. The highest BCUT2D eigenvalue weighted by atomic mass is 19.1. The maximum Gasteiger partial charge on any atom is 0.123 e. The van der Waals surface area contributed by atoms with Gasteiger partial charge in [-0.25, -0.2) is 8.78 Å². The largest absolute Gasteiger partial charge is 0.337 e. The summed E-state index contributed by atoms with van der Waals surface area (Å²) in [7, 11) is 0. The number of benzene rings is 8. The fourth-order valence-corrected chi connectivity index (χ4v) is 10.2. The number of rotatable bonds is 9. The van der Waals surface area contributed by atoms with Crippen molar-refractivity contribution in [2.24, 2.45) is 0 Å². The van der Waals surface area contributed by atoms with Gasteiger partial charge in [-0.3, -0.25) is 0 Å². The van der Waals surface area contributed by atoms with Crippen LogP contribution < -0.4 is 14.7 Å². The minimum Gasteiger partial charge on any atom is -0.337 e. The quantitative estimate of drug-likeness (QED) is 0.144. The number of hydrogen-bond acceptors (Lipinski definition) is 3. The zero-order chi connectivity index (χ0) is 44.1. The fourth-order valence-electron chi connectivity index (χ4n) is 10.2. The number of nitrogens with zero attached hydrogens (tertiary/aromatic N) is 4. The van der Waals surface area contributed by atoms with E-state index < -0.39 is 0 Å². The van der Waals surface area contributed by atoms with Crippen LogP contribution in [0, 0.1) is 11.6 Å². The van der Waals surface area contributed by atoms with Crippen molar-refractivity contribution in [3.63, 3.8) is 0 Å². The molecule has 12 rings (SSSR count). The Kier molecular flexibility index (Phi) is 9.79. The van der Waals surface area contributed by atoms with Crippen molar-refractivity contribution in [3.05, 3.63) is 253 Å². The van der Waals surface area contributed by atoms with E-state index in [4.69, 9.17) is 0 Å². The lowest BCUT2D eigenvalue weighted by molar-refractivity contribution is 0.627. The molecule has 0 radical (unpaired) electrons. The summed E-state index contributed by atoms with van der Waals surface area (Å²) < 4.78 is 31.1. The van der Waals surface area contributed by atoms with Gasteiger partial charge in [-0.15, -0.1) is 0 Å². The van der Waals surface area contributed by atoms with Gasteiger partial charge in [-0.2, -0.15) is 0 Å². The summed E-state index contributed by atoms with van der Waals surface area (Å²) in [5.74, 6) is -0.328. The summed E-state index contributed by atoms with van der Waals surface area (Å²) >= 11 is 0. The molecule has 2 heterocycles. The lowest BCUT2D eigenvalue weighted by Gasteiger charge is -2.31. The lowest BCUT2D eigenvalue weighted by atomic mass is 9.91. The Labute approximate surface area is 383 Å². The van der Waals surface area contributed by atoms with Crippen LogP contribution in [-0.4, -0.2) is 10.6 Å². The Morgan fingerprint density at radius 2 is 1.02 bits per heavy atom. The maximum absolute atomic E-state index is 14.4. The molecule has 1 aromatic heterocycles. The number of aromatic nitrogens is 1. The van der Waals surface area contributed by atoms with Crippen LogP contribution in [0.1, 0.15) is 24.3 Å². The Hall–Kier alpha value is -8.22. The van der Waals surface area contributed by atoms with Gasteiger partial charge in [0.05, 0.1) is 17.1 Å². The molecule has 0 fully saturated rings. The Morgan fingerprint density at radius 3 is 1.65 bits per heavy atom. The van der Waals surface area contributed by atoms with Crippen LogP contribution in [-0.2, 0) is 0 Å². The van der Waals surface area contributed by atoms with Crippen LogP contribution >= 0.6 is 0 Å². The summed E-state index contributed by atoms with van der Waals surface area (Å²) in [5.41, 5.74) is 15.0. The molecular formula is C60H44F2N4. The molecule has 3 aliphatic rings. The van der Waals surface area contributed by atoms with Gasteiger partial charge >= 0.3 is 0 Å². The van der Waals surface area contributed by atoms with Crippen LogP contribution in [0.4, 0.5) is 48.6 Å². The number of fused-ring (bicyclic) bond motifs is 6. The van der Waals surface area contributed by atoms with E-state index >= 15 is 0 Å². The fraction of sp³-hybridized carbons (Fsp3) is 0.0667. The summed E-state index contributed by atoms with van der Waals surface area (Å²) in [5, 5.41) is 2.30. The third-order valence-corrected chi connectivity index (χ3v) is 13.3. The molecule has 0 bridgehead atoms. The van der Waals surface area contributed by atoms with Gasteiger partial charge in [-0.05, 0) is 163 Å². The zero-order valence-corrected chi connectivity index (χ0v) is 36.1. The van der Waals surface area contributed by atoms with E-state index in [0.717, 1.165) is 85.6 Å². The van der Waals surface area contributed by atoms with E-state index in [9.17, 15) is 8.78 Å². The van der Waals surface area contributed by atoms with Gasteiger partial charge in [0, 0.05) is 67.9 Å². The first-order valence-corrected chi connectivity index (χ1v) is 22.6. The number of para-hydroxylation sites is 2. The maximum atomic E-state index is 14.4. The molecule has 0 saturated carbocycles. The average Bonchev–Trinajstić information content (AvgIpc) is 3.89. The Morgan fingerprint density at radius 1 is 0.470 bits per heavy atom. The molecule has 1 unspecified atom stereocenters. The average molecular weight is 859 g/mol. The molecule has 2 aliphatic carbocycles. The predicted molar refractivity (Wildman–Crippen MR) is 269 cm³/mol. The van der Waals surface area contributed by atoms with E-state index in [-0.39, 0.29) is 23.6 Å². The topological polar surface area (TPSA) is 14.7 Å². The number of hydrogen-bond donors (Lipinski definition) is 0. The van der Waals surface area contributed by atoms with Crippen LogP contribution in [0.15, 0.2) is 236 Å². The highest BCUT2D eigenvalue weighted by Crippen LogP contribution is 2.49. The second kappa shape index (κ2) is 16.4. The van der Waals surface area contributed by atoms with Gasteiger partial charge in [0.15, 0.2) is 0 Å². The molecule has 8 aromatic carbocycles. The summed E-state index contributed by atoms with van der Waals surface area (Å²) in [6.07, 6.45) is 17.7. The molecule has 318 valence electrons. The SMILES string of the molecule is Fc1ccc(N(c2ccc(-c3ccc(N(c4ccc(F)cc4)c4ccc5c(c4)c4ccccc4n5-c4ccccc4)cc3)cc2)c2ccc3c(c2)C2C=CC=C[C@H]2N3C2=CC=CCC2)cc1. The molecule has 2 atom stereocenters. The smallest absolute Gasteiger partial charge is 0.123 e. The van der Waals surface area contributed by atoms with E-state index in [1.807, 2.05) is 30.3 Å². The van der Waals surface area contributed by atoms with Crippen molar-refractivity contribution >= 4 is 61.6 Å². The van der Waals surface area contributed by atoms with Gasteiger partial charge in [0.25, 0.3) is 0 Å². The number of anilines is 7. The number of halogens is 2. The van der Waals surface area contributed by atoms with E-state index in [1.54, 1.807) is 0 Å². The minimum atomic E-state index is -0.280. The molecule has 6 heteroatoms. The molecule has 0 amide bonds. The second-order valence-corrected chi connectivity index (χ2v) is 17.1. The third-order valence-electron chi connectivity index (χ3n) is 13.3. The zero-order valence-electron chi connectivity index (χ0n) is 36.1. The highest BCUT2D eigenvalue weighted by Gasteiger charge is 2.38. The van der Waals surface area contributed by atoms with Crippen LogP contribution in [0.2, 0.25) is 0 Å². The molecule has 66 heavy (non-hydrogen) atoms. The molecule has 1 aliphatic heterocycles. The van der Waals surface area contributed by atoms with Gasteiger partial charge < -0.3 is 19.3 Å². The van der Waals surface area contributed by atoms with Crippen molar-refractivity contribution in [3.8, 4) is 16.8 Å². The molecular weight excluding hydrogens is 815 g/mol. The normalized spacial score (nSPS) is 16.1. The first-order chi connectivity index (χ1) is 32.6. The van der Waals surface area contributed by atoms with Gasteiger partial charge in [0.1, 0.15) is 11.6 Å². The Balaban J connectivity index is 0.890. The third kappa shape index (κ3) is 6.90. The summed E-state index contributed by atoms with van der Waals surface area (Å²) in [6.45, 7) is 0. The molecule has 9 aromatic rings. The van der Waals surface area contributed by atoms with E-state index in [0.29, 0.717) is 0 Å². The minimum absolute atomic E-state index is 0.223. The first-order valence-electron chi connectivity index (χ1n) is 22.6. The van der Waals surface area contributed by atoms with Crippen molar-refractivity contribution in [2.45, 2.75) is 24.8 Å². The monoisotopic (exact) mass is 858 g/mol. The van der Waals surface area contributed by atoms with E-state index in [1.165, 1.54) is 41.2 Å². The summed E-state index contributed by atoms with van der Waals surface area (Å²) in [6, 6.07) is 63.1. The van der Waals surface area contributed by atoms with Crippen LogP contribution in [0.3, 0.4) is 0 Å². The van der Waals surface area contributed by atoms with Gasteiger partial charge in [-0.1, -0.05) is 97.1 Å². The molecule has 0 spiro atoms. The van der Waals surface area contributed by atoms with Crippen molar-refractivity contribution in [1.82, 2.24) is 4.57 Å². The summed E-state index contributed by atoms with van der Waals surface area (Å²) in [4.78, 5) is 6.91. The van der Waals surface area contributed by atoms with Crippen molar-refractivity contribution < 1.29 is 8.78 Å². The highest BCUT2D eigenvalue weighted by molar-refractivity contribution is 6.10. The predicted octanol–water partition coefficient (Wildman–Crippen LogP) is 16.3. The number of allylic oxidation sites excluding steroid dienone is 6. The van der Waals surface area contributed by atoms with Crippen LogP contribution in [0.5, 0.6) is 0 Å². The molecule has 4 nitrogen and oxygen atoms in total. The molecule has 0 saturated heterocycles. The Bertz CT molecular complexity index is 3380.